The minimum absolute atomic E-state index is 0.372. The van der Waals surface area contributed by atoms with E-state index in [4.69, 9.17) is 4.74 Å². The normalized spacial score (nSPS) is 16.2. The summed E-state index contributed by atoms with van der Waals surface area (Å²) in [5.74, 6) is 0. The van der Waals surface area contributed by atoms with Crippen LogP contribution in [0.4, 0.5) is 16.2 Å². The maximum absolute atomic E-state index is 11.8. The molecule has 0 spiro atoms. The molecule has 1 aliphatic rings. The summed E-state index contributed by atoms with van der Waals surface area (Å²) in [5, 5.41) is 2.72. The van der Waals surface area contributed by atoms with Gasteiger partial charge in [0.05, 0.1) is 6.54 Å². The fraction of sp³-hybridized carbons (Fsp3) is 0.278. The molecule has 4 nitrogen and oxygen atoms in total. The van der Waals surface area contributed by atoms with Gasteiger partial charge < -0.3 is 9.64 Å². The number of nitrogens with zero attached hydrogens (tertiary/aromatic N) is 1. The molecule has 1 amide bonds. The Balaban J connectivity index is 1.50. The van der Waals surface area contributed by atoms with E-state index < -0.39 is 6.09 Å². The number of rotatable bonds is 4. The van der Waals surface area contributed by atoms with E-state index in [0.717, 1.165) is 12.1 Å². The van der Waals surface area contributed by atoms with Gasteiger partial charge in [-0.2, -0.15) is 0 Å². The van der Waals surface area contributed by atoms with Crippen molar-refractivity contribution in [3.8, 4) is 0 Å². The number of carbonyl (C=O) groups excluding carboxylic acids is 1. The maximum Gasteiger partial charge on any atom is 0.411 e. The molecule has 1 unspecified atom stereocenters. The molecule has 0 aliphatic carbocycles. The summed E-state index contributed by atoms with van der Waals surface area (Å²) < 4.78 is 5.28. The highest BCUT2D eigenvalue weighted by Crippen LogP contribution is 2.31. The standard InChI is InChI=1S/C18H20N2O2/c1-14-13-15-7-5-6-10-17(15)20(14)11-12-22-18(21)19-16-8-3-2-4-9-16/h2-10,14H,11-13H2,1H3,(H,19,21). The third kappa shape index (κ3) is 3.22. The molecule has 1 aliphatic heterocycles. The number of hydrogen-bond acceptors (Lipinski definition) is 3. The predicted molar refractivity (Wildman–Crippen MR) is 88.4 cm³/mol. The van der Waals surface area contributed by atoms with Crippen LogP contribution in [-0.4, -0.2) is 25.3 Å². The van der Waals surface area contributed by atoms with Gasteiger partial charge in [-0.05, 0) is 37.1 Å². The molecule has 0 fully saturated rings. The van der Waals surface area contributed by atoms with Crippen molar-refractivity contribution in [2.75, 3.05) is 23.4 Å². The van der Waals surface area contributed by atoms with Crippen LogP contribution < -0.4 is 10.2 Å². The Morgan fingerprint density at radius 3 is 2.73 bits per heavy atom. The summed E-state index contributed by atoms with van der Waals surface area (Å²) in [6, 6.07) is 18.2. The zero-order valence-electron chi connectivity index (χ0n) is 12.7. The van der Waals surface area contributed by atoms with Gasteiger partial charge in [-0.25, -0.2) is 4.79 Å². The Kier molecular flexibility index (Phi) is 4.28. The van der Waals surface area contributed by atoms with Crippen molar-refractivity contribution < 1.29 is 9.53 Å². The fourth-order valence-electron chi connectivity index (χ4n) is 2.88. The first-order chi connectivity index (χ1) is 10.7. The van der Waals surface area contributed by atoms with Crippen molar-refractivity contribution in [3.63, 3.8) is 0 Å². The summed E-state index contributed by atoms with van der Waals surface area (Å²) in [4.78, 5) is 14.1. The molecule has 1 heterocycles. The van der Waals surface area contributed by atoms with E-state index in [9.17, 15) is 4.79 Å². The first-order valence-electron chi connectivity index (χ1n) is 7.57. The third-order valence-corrected chi connectivity index (χ3v) is 3.93. The number of hydrogen-bond donors (Lipinski definition) is 1. The van der Waals surface area contributed by atoms with Crippen molar-refractivity contribution in [2.45, 2.75) is 19.4 Å². The van der Waals surface area contributed by atoms with Crippen molar-refractivity contribution in [2.24, 2.45) is 0 Å². The number of nitrogens with one attached hydrogen (secondary N) is 1. The molecule has 0 saturated heterocycles. The number of benzene rings is 2. The van der Waals surface area contributed by atoms with E-state index in [1.807, 2.05) is 36.4 Å². The van der Waals surface area contributed by atoms with Gasteiger partial charge in [0.2, 0.25) is 0 Å². The van der Waals surface area contributed by atoms with Crippen LogP contribution >= 0.6 is 0 Å². The molecule has 0 saturated carbocycles. The number of carbonyl (C=O) groups is 1. The molecule has 2 aromatic rings. The lowest BCUT2D eigenvalue weighted by atomic mass is 10.1. The topological polar surface area (TPSA) is 41.6 Å². The Hall–Kier alpha value is -2.49. The van der Waals surface area contributed by atoms with Crippen LogP contribution in [0.25, 0.3) is 0 Å². The molecule has 2 aromatic carbocycles. The van der Waals surface area contributed by atoms with E-state index in [1.165, 1.54) is 11.3 Å². The number of ether oxygens (including phenoxy) is 1. The molecule has 0 aromatic heterocycles. The summed E-state index contributed by atoms with van der Waals surface area (Å²) in [6.45, 7) is 3.28. The molecule has 4 heteroatoms. The molecular weight excluding hydrogens is 276 g/mol. The quantitative estimate of drug-likeness (QED) is 0.935. The molecule has 3 rings (SSSR count). The molecular formula is C18H20N2O2. The van der Waals surface area contributed by atoms with Crippen LogP contribution in [0.3, 0.4) is 0 Å². The largest absolute Gasteiger partial charge is 0.447 e. The molecule has 1 atom stereocenters. The molecule has 0 radical (unpaired) electrons. The minimum Gasteiger partial charge on any atom is -0.447 e. The third-order valence-electron chi connectivity index (χ3n) is 3.93. The summed E-state index contributed by atoms with van der Waals surface area (Å²) >= 11 is 0. The van der Waals surface area contributed by atoms with Crippen molar-refractivity contribution in [1.82, 2.24) is 0 Å². The first-order valence-corrected chi connectivity index (χ1v) is 7.57. The highest BCUT2D eigenvalue weighted by molar-refractivity contribution is 5.84. The summed E-state index contributed by atoms with van der Waals surface area (Å²) in [7, 11) is 0. The maximum atomic E-state index is 11.8. The number of para-hydroxylation sites is 2. The van der Waals surface area contributed by atoms with Gasteiger partial charge in [0.1, 0.15) is 6.61 Å². The average molecular weight is 296 g/mol. The number of amides is 1. The average Bonchev–Trinajstić information content (AvgIpc) is 2.84. The Morgan fingerprint density at radius 2 is 1.91 bits per heavy atom. The lowest BCUT2D eigenvalue weighted by Gasteiger charge is -2.24. The lowest BCUT2D eigenvalue weighted by Crippen LogP contribution is -2.33. The van der Waals surface area contributed by atoms with Gasteiger partial charge in [0.15, 0.2) is 0 Å². The Morgan fingerprint density at radius 1 is 1.18 bits per heavy atom. The molecule has 114 valence electrons. The predicted octanol–water partition coefficient (Wildman–Crippen LogP) is 3.69. The van der Waals surface area contributed by atoms with Crippen LogP contribution in [0, 0.1) is 0 Å². The van der Waals surface area contributed by atoms with E-state index in [2.05, 4.69) is 35.3 Å². The van der Waals surface area contributed by atoms with Crippen LogP contribution in [0.5, 0.6) is 0 Å². The van der Waals surface area contributed by atoms with Gasteiger partial charge in [-0.1, -0.05) is 36.4 Å². The van der Waals surface area contributed by atoms with Gasteiger partial charge in [-0.3, -0.25) is 5.32 Å². The Bertz CT molecular complexity index is 643. The van der Waals surface area contributed by atoms with Crippen LogP contribution in [0.15, 0.2) is 54.6 Å². The Labute approximate surface area is 130 Å². The van der Waals surface area contributed by atoms with Gasteiger partial charge in [-0.15, -0.1) is 0 Å². The first kappa shape index (κ1) is 14.4. The van der Waals surface area contributed by atoms with Crippen LogP contribution in [-0.2, 0) is 11.2 Å². The second kappa shape index (κ2) is 6.52. The van der Waals surface area contributed by atoms with E-state index in [-0.39, 0.29) is 0 Å². The van der Waals surface area contributed by atoms with Gasteiger partial charge in [0.25, 0.3) is 0 Å². The second-order valence-electron chi connectivity index (χ2n) is 5.50. The van der Waals surface area contributed by atoms with Crippen LogP contribution in [0.1, 0.15) is 12.5 Å². The fourth-order valence-corrected chi connectivity index (χ4v) is 2.88. The minimum atomic E-state index is -0.411. The smallest absolute Gasteiger partial charge is 0.411 e. The summed E-state index contributed by atoms with van der Waals surface area (Å²) in [5.41, 5.74) is 3.36. The van der Waals surface area contributed by atoms with Gasteiger partial charge in [0, 0.05) is 17.4 Å². The van der Waals surface area contributed by atoms with Crippen molar-refractivity contribution in [3.05, 3.63) is 60.2 Å². The second-order valence-corrected chi connectivity index (χ2v) is 5.50. The zero-order valence-corrected chi connectivity index (χ0v) is 12.7. The number of anilines is 2. The van der Waals surface area contributed by atoms with E-state index >= 15 is 0 Å². The lowest BCUT2D eigenvalue weighted by molar-refractivity contribution is 0.164. The molecule has 0 bridgehead atoms. The molecule has 1 N–H and O–H groups in total. The molecule has 22 heavy (non-hydrogen) atoms. The monoisotopic (exact) mass is 296 g/mol. The van der Waals surface area contributed by atoms with Gasteiger partial charge >= 0.3 is 6.09 Å². The summed E-state index contributed by atoms with van der Waals surface area (Å²) in [6.07, 6.45) is 0.637. The highest BCUT2D eigenvalue weighted by atomic mass is 16.5. The zero-order chi connectivity index (χ0) is 15.4. The van der Waals surface area contributed by atoms with Crippen molar-refractivity contribution in [1.29, 1.82) is 0 Å². The van der Waals surface area contributed by atoms with E-state index in [0.29, 0.717) is 19.2 Å². The SMILES string of the molecule is CC1Cc2ccccc2N1CCOC(=O)Nc1ccccc1. The van der Waals surface area contributed by atoms with Crippen LogP contribution in [0.2, 0.25) is 0 Å². The number of fused-ring (bicyclic) bond motifs is 1. The highest BCUT2D eigenvalue weighted by Gasteiger charge is 2.25. The van der Waals surface area contributed by atoms with Crippen molar-refractivity contribution >= 4 is 17.5 Å². The van der Waals surface area contributed by atoms with E-state index in [1.54, 1.807) is 0 Å².